The molecular weight excluding hydrogens is 232 g/mol. The van der Waals surface area contributed by atoms with Crippen molar-refractivity contribution in [3.63, 3.8) is 0 Å². The number of pyridine rings is 1. The highest BCUT2D eigenvalue weighted by Crippen LogP contribution is 2.26. The predicted octanol–water partition coefficient (Wildman–Crippen LogP) is 2.52. The Labute approximate surface area is 105 Å². The van der Waals surface area contributed by atoms with E-state index >= 15 is 0 Å². The molecule has 2 aromatic heterocycles. The van der Waals surface area contributed by atoms with Crippen LogP contribution >= 0.6 is 0 Å². The second-order valence-electron chi connectivity index (χ2n) is 4.20. The van der Waals surface area contributed by atoms with E-state index in [0.717, 1.165) is 16.8 Å². The van der Waals surface area contributed by atoms with Gasteiger partial charge in [0, 0.05) is 18.8 Å². The van der Waals surface area contributed by atoms with E-state index in [2.05, 4.69) is 4.98 Å². The molecule has 1 unspecified atom stereocenters. The summed E-state index contributed by atoms with van der Waals surface area (Å²) in [4.78, 5) is 17.1. The van der Waals surface area contributed by atoms with Crippen LogP contribution in [0.25, 0.3) is 11.0 Å². The summed E-state index contributed by atoms with van der Waals surface area (Å²) in [6.07, 6.45) is 3.38. The van der Waals surface area contributed by atoms with Crippen molar-refractivity contribution in [2.45, 2.75) is 26.3 Å². The smallest absolute Gasteiger partial charge is 0.305 e. The Balaban J connectivity index is 2.37. The van der Waals surface area contributed by atoms with Gasteiger partial charge in [-0.2, -0.15) is 0 Å². The fourth-order valence-electron chi connectivity index (χ4n) is 2.14. The maximum atomic E-state index is 10.8. The van der Waals surface area contributed by atoms with E-state index in [-0.39, 0.29) is 12.5 Å². The number of hydrogen-bond donors (Lipinski definition) is 1. The van der Waals surface area contributed by atoms with Crippen LogP contribution in [0, 0.1) is 0 Å². The van der Waals surface area contributed by atoms with Gasteiger partial charge in [0.2, 0.25) is 0 Å². The molecule has 0 saturated heterocycles. The minimum Gasteiger partial charge on any atom is -0.481 e. The van der Waals surface area contributed by atoms with Gasteiger partial charge < -0.3 is 14.4 Å². The maximum Gasteiger partial charge on any atom is 0.305 e. The first-order valence-electron chi connectivity index (χ1n) is 5.94. The number of carbonyl (C=O) groups is 1. The SMILES string of the molecule is CCN(c1nccc2occc12)C(C)CC(=O)O. The van der Waals surface area contributed by atoms with Crippen LogP contribution in [0.3, 0.4) is 0 Å². The molecule has 2 aromatic rings. The van der Waals surface area contributed by atoms with E-state index in [9.17, 15) is 4.79 Å². The molecule has 1 atom stereocenters. The van der Waals surface area contributed by atoms with Gasteiger partial charge in [-0.15, -0.1) is 0 Å². The van der Waals surface area contributed by atoms with Crippen molar-refractivity contribution in [2.75, 3.05) is 11.4 Å². The molecule has 5 heteroatoms. The molecule has 2 rings (SSSR count). The zero-order valence-corrected chi connectivity index (χ0v) is 10.5. The first-order chi connectivity index (χ1) is 8.63. The largest absolute Gasteiger partial charge is 0.481 e. The first kappa shape index (κ1) is 12.4. The van der Waals surface area contributed by atoms with Crippen LogP contribution in [0.4, 0.5) is 5.82 Å². The van der Waals surface area contributed by atoms with Crippen LogP contribution in [0.15, 0.2) is 29.0 Å². The van der Waals surface area contributed by atoms with E-state index in [4.69, 9.17) is 9.52 Å². The minimum atomic E-state index is -0.805. The molecule has 5 nitrogen and oxygen atoms in total. The molecule has 0 radical (unpaired) electrons. The second kappa shape index (κ2) is 5.08. The average Bonchev–Trinajstić information content (AvgIpc) is 2.77. The van der Waals surface area contributed by atoms with E-state index < -0.39 is 5.97 Å². The number of nitrogens with zero attached hydrogens (tertiary/aromatic N) is 2. The van der Waals surface area contributed by atoms with Crippen molar-refractivity contribution in [3.8, 4) is 0 Å². The Morgan fingerprint density at radius 1 is 1.56 bits per heavy atom. The third-order valence-corrected chi connectivity index (χ3v) is 2.97. The van der Waals surface area contributed by atoms with Gasteiger partial charge in [0.05, 0.1) is 18.1 Å². The van der Waals surface area contributed by atoms with Crippen molar-refractivity contribution >= 4 is 22.8 Å². The van der Waals surface area contributed by atoms with Gasteiger partial charge in [-0.3, -0.25) is 4.79 Å². The van der Waals surface area contributed by atoms with Crippen molar-refractivity contribution < 1.29 is 14.3 Å². The number of hydrogen-bond acceptors (Lipinski definition) is 4. The molecule has 96 valence electrons. The number of carboxylic acids is 1. The fraction of sp³-hybridized carbons (Fsp3) is 0.385. The molecule has 0 aliphatic heterocycles. The lowest BCUT2D eigenvalue weighted by Gasteiger charge is -2.28. The number of rotatable bonds is 5. The van der Waals surface area contributed by atoms with Gasteiger partial charge in [0.15, 0.2) is 0 Å². The van der Waals surface area contributed by atoms with E-state index in [1.54, 1.807) is 18.5 Å². The molecule has 1 N–H and O–H groups in total. The van der Waals surface area contributed by atoms with Crippen LogP contribution in [0.2, 0.25) is 0 Å². The second-order valence-corrected chi connectivity index (χ2v) is 4.20. The number of anilines is 1. The Morgan fingerprint density at radius 2 is 2.33 bits per heavy atom. The molecule has 0 aromatic carbocycles. The van der Waals surface area contributed by atoms with Crippen molar-refractivity contribution in [2.24, 2.45) is 0 Å². The highest BCUT2D eigenvalue weighted by molar-refractivity contribution is 5.88. The molecule has 2 heterocycles. The normalized spacial score (nSPS) is 12.6. The lowest BCUT2D eigenvalue weighted by Crippen LogP contribution is -2.35. The van der Waals surface area contributed by atoms with Gasteiger partial charge in [-0.25, -0.2) is 4.98 Å². The minimum absolute atomic E-state index is 0.0871. The highest BCUT2D eigenvalue weighted by atomic mass is 16.4. The summed E-state index contributed by atoms with van der Waals surface area (Å²) in [5.41, 5.74) is 0.765. The van der Waals surface area contributed by atoms with Crippen LogP contribution in [-0.2, 0) is 4.79 Å². The summed E-state index contributed by atoms with van der Waals surface area (Å²) < 4.78 is 5.33. The maximum absolute atomic E-state index is 10.8. The van der Waals surface area contributed by atoms with Gasteiger partial charge in [-0.1, -0.05) is 0 Å². The summed E-state index contributed by atoms with van der Waals surface area (Å²) in [5, 5.41) is 9.80. The Morgan fingerprint density at radius 3 is 3.00 bits per heavy atom. The average molecular weight is 248 g/mol. The van der Waals surface area contributed by atoms with Crippen LogP contribution in [0.5, 0.6) is 0 Å². The van der Waals surface area contributed by atoms with Crippen molar-refractivity contribution in [1.82, 2.24) is 4.98 Å². The number of aromatic nitrogens is 1. The van der Waals surface area contributed by atoms with E-state index in [1.165, 1.54) is 0 Å². The summed E-state index contributed by atoms with van der Waals surface area (Å²) in [5.74, 6) is -0.0298. The van der Waals surface area contributed by atoms with Gasteiger partial charge in [0.25, 0.3) is 0 Å². The van der Waals surface area contributed by atoms with Gasteiger partial charge in [0.1, 0.15) is 11.4 Å². The summed E-state index contributed by atoms with van der Waals surface area (Å²) >= 11 is 0. The lowest BCUT2D eigenvalue weighted by atomic mass is 10.2. The van der Waals surface area contributed by atoms with Gasteiger partial charge in [-0.05, 0) is 26.0 Å². The number of aliphatic carboxylic acids is 1. The molecule has 0 aliphatic rings. The van der Waals surface area contributed by atoms with Crippen LogP contribution < -0.4 is 4.90 Å². The third kappa shape index (κ3) is 2.30. The molecule has 0 saturated carbocycles. The van der Waals surface area contributed by atoms with Crippen LogP contribution in [-0.4, -0.2) is 28.6 Å². The molecule has 0 amide bonds. The predicted molar refractivity (Wildman–Crippen MR) is 68.7 cm³/mol. The molecule has 0 fully saturated rings. The van der Waals surface area contributed by atoms with Crippen LogP contribution in [0.1, 0.15) is 20.3 Å². The van der Waals surface area contributed by atoms with Gasteiger partial charge >= 0.3 is 5.97 Å². The topological polar surface area (TPSA) is 66.6 Å². The lowest BCUT2D eigenvalue weighted by molar-refractivity contribution is -0.137. The monoisotopic (exact) mass is 248 g/mol. The number of fused-ring (bicyclic) bond motifs is 1. The van der Waals surface area contributed by atoms with E-state index in [0.29, 0.717) is 6.54 Å². The summed E-state index contributed by atoms with van der Waals surface area (Å²) in [6, 6.07) is 3.54. The molecule has 0 spiro atoms. The summed E-state index contributed by atoms with van der Waals surface area (Å²) in [7, 11) is 0. The number of furan rings is 1. The number of carboxylic acid groups (broad SMARTS) is 1. The quantitative estimate of drug-likeness (QED) is 0.880. The van der Waals surface area contributed by atoms with Crippen molar-refractivity contribution in [1.29, 1.82) is 0 Å². The molecule has 18 heavy (non-hydrogen) atoms. The zero-order valence-electron chi connectivity index (χ0n) is 10.5. The highest BCUT2D eigenvalue weighted by Gasteiger charge is 2.19. The molecule has 0 bridgehead atoms. The Hall–Kier alpha value is -2.04. The fourth-order valence-corrected chi connectivity index (χ4v) is 2.14. The molecule has 0 aliphatic carbocycles. The Kier molecular flexibility index (Phi) is 3.50. The summed E-state index contributed by atoms with van der Waals surface area (Å²) in [6.45, 7) is 4.57. The standard InChI is InChI=1S/C13H16N2O3/c1-3-15(9(2)8-12(16)17)13-10-5-7-18-11(10)4-6-14-13/h4-7,9H,3,8H2,1-2H3,(H,16,17). The third-order valence-electron chi connectivity index (χ3n) is 2.97. The first-order valence-corrected chi connectivity index (χ1v) is 5.94. The zero-order chi connectivity index (χ0) is 13.1. The molecular formula is C13H16N2O3. The van der Waals surface area contributed by atoms with E-state index in [1.807, 2.05) is 24.8 Å². The Bertz CT molecular complexity index is 550. The van der Waals surface area contributed by atoms with Crippen molar-refractivity contribution in [3.05, 3.63) is 24.6 Å².